The van der Waals surface area contributed by atoms with Gasteiger partial charge in [-0.05, 0) is 66.8 Å². The van der Waals surface area contributed by atoms with Crippen molar-refractivity contribution < 1.29 is 9.59 Å². The maximum atomic E-state index is 12.2. The first-order chi connectivity index (χ1) is 15.6. The number of aromatic nitrogens is 2. The van der Waals surface area contributed by atoms with Gasteiger partial charge in [0.1, 0.15) is 0 Å². The van der Waals surface area contributed by atoms with Crippen LogP contribution in [0.15, 0.2) is 79.0 Å². The molecule has 0 aliphatic carbocycles. The van der Waals surface area contributed by atoms with Crippen molar-refractivity contribution in [1.29, 1.82) is 0 Å². The van der Waals surface area contributed by atoms with Gasteiger partial charge in [0.05, 0.1) is 0 Å². The molecule has 0 radical (unpaired) electrons. The molecule has 0 spiro atoms. The lowest BCUT2D eigenvalue weighted by molar-refractivity contribution is -0.121. The van der Waals surface area contributed by atoms with Crippen LogP contribution in [-0.4, -0.2) is 21.7 Å². The Morgan fingerprint density at radius 2 is 1.75 bits per heavy atom. The Kier molecular flexibility index (Phi) is 6.66. The van der Waals surface area contributed by atoms with Crippen LogP contribution in [0.2, 0.25) is 0 Å². The van der Waals surface area contributed by atoms with Crippen molar-refractivity contribution in [2.24, 2.45) is 0 Å². The molecule has 2 aromatic heterocycles. The SMILES string of the molecule is CC(=O)c1cccc(-c2ccc(CNC(=O)CCCc3ccc4cccnc4n3)cc2)c1. The van der Waals surface area contributed by atoms with Gasteiger partial charge in [-0.2, -0.15) is 0 Å². The summed E-state index contributed by atoms with van der Waals surface area (Å²) in [4.78, 5) is 32.7. The van der Waals surface area contributed by atoms with Crippen molar-refractivity contribution in [3.63, 3.8) is 0 Å². The molecule has 0 aliphatic rings. The third kappa shape index (κ3) is 5.43. The van der Waals surface area contributed by atoms with E-state index in [0.717, 1.165) is 46.3 Å². The van der Waals surface area contributed by atoms with Gasteiger partial charge in [0.2, 0.25) is 5.91 Å². The minimum absolute atomic E-state index is 0.0298. The third-order valence-electron chi connectivity index (χ3n) is 5.40. The molecule has 0 unspecified atom stereocenters. The number of hydrogen-bond acceptors (Lipinski definition) is 4. The van der Waals surface area contributed by atoms with Crippen molar-refractivity contribution in [2.75, 3.05) is 0 Å². The van der Waals surface area contributed by atoms with Crippen molar-refractivity contribution in [3.8, 4) is 11.1 Å². The van der Waals surface area contributed by atoms with Gasteiger partial charge >= 0.3 is 0 Å². The molecule has 5 heteroatoms. The van der Waals surface area contributed by atoms with E-state index in [1.54, 1.807) is 13.1 Å². The van der Waals surface area contributed by atoms with E-state index in [4.69, 9.17) is 0 Å². The molecule has 0 saturated heterocycles. The molecular formula is C27H25N3O2. The molecule has 32 heavy (non-hydrogen) atoms. The molecule has 5 nitrogen and oxygen atoms in total. The number of pyridine rings is 2. The summed E-state index contributed by atoms with van der Waals surface area (Å²) in [5.41, 5.74) is 5.48. The van der Waals surface area contributed by atoms with Gasteiger partial charge in [-0.15, -0.1) is 0 Å². The Hall–Kier alpha value is -3.86. The van der Waals surface area contributed by atoms with E-state index < -0.39 is 0 Å². The highest BCUT2D eigenvalue weighted by atomic mass is 16.1. The molecule has 1 N–H and O–H groups in total. The molecule has 0 saturated carbocycles. The number of aryl methyl sites for hydroxylation is 1. The van der Waals surface area contributed by atoms with Gasteiger partial charge in [-0.1, -0.05) is 42.5 Å². The Labute approximate surface area is 187 Å². The van der Waals surface area contributed by atoms with Gasteiger partial charge in [0, 0.05) is 35.8 Å². The lowest BCUT2D eigenvalue weighted by Gasteiger charge is -2.08. The number of carbonyl (C=O) groups excluding carboxylic acids is 2. The first-order valence-electron chi connectivity index (χ1n) is 10.8. The number of carbonyl (C=O) groups is 2. The first-order valence-corrected chi connectivity index (χ1v) is 10.8. The average Bonchev–Trinajstić information content (AvgIpc) is 2.83. The normalized spacial score (nSPS) is 10.8. The van der Waals surface area contributed by atoms with Crippen LogP contribution in [0.3, 0.4) is 0 Å². The summed E-state index contributed by atoms with van der Waals surface area (Å²) in [5.74, 6) is 0.0846. The monoisotopic (exact) mass is 423 g/mol. The third-order valence-corrected chi connectivity index (χ3v) is 5.40. The molecule has 4 rings (SSSR count). The fourth-order valence-corrected chi connectivity index (χ4v) is 3.58. The highest BCUT2D eigenvalue weighted by molar-refractivity contribution is 5.95. The number of Topliss-reactive ketones (excluding diaryl/α,β-unsaturated/α-hetero) is 1. The number of nitrogens with zero attached hydrogens (tertiary/aromatic N) is 2. The van der Waals surface area contributed by atoms with Crippen LogP contribution in [0.25, 0.3) is 22.2 Å². The Morgan fingerprint density at radius 3 is 2.56 bits per heavy atom. The van der Waals surface area contributed by atoms with Crippen LogP contribution < -0.4 is 5.32 Å². The van der Waals surface area contributed by atoms with Crippen molar-refractivity contribution in [1.82, 2.24) is 15.3 Å². The van der Waals surface area contributed by atoms with E-state index in [2.05, 4.69) is 15.3 Å². The van der Waals surface area contributed by atoms with E-state index >= 15 is 0 Å². The number of nitrogens with one attached hydrogen (secondary N) is 1. The van der Waals surface area contributed by atoms with E-state index in [-0.39, 0.29) is 11.7 Å². The molecule has 0 fully saturated rings. The minimum Gasteiger partial charge on any atom is -0.352 e. The van der Waals surface area contributed by atoms with Gasteiger partial charge in [-0.3, -0.25) is 9.59 Å². The van der Waals surface area contributed by atoms with E-state index in [9.17, 15) is 9.59 Å². The number of amides is 1. The van der Waals surface area contributed by atoms with Gasteiger partial charge < -0.3 is 5.32 Å². The zero-order valence-corrected chi connectivity index (χ0v) is 18.0. The molecule has 0 aliphatic heterocycles. The van der Waals surface area contributed by atoms with E-state index in [1.807, 2.05) is 72.8 Å². The Balaban J connectivity index is 1.25. The number of ketones is 1. The maximum absolute atomic E-state index is 12.2. The fourth-order valence-electron chi connectivity index (χ4n) is 3.58. The lowest BCUT2D eigenvalue weighted by Crippen LogP contribution is -2.22. The van der Waals surface area contributed by atoms with Crippen LogP contribution in [0.5, 0.6) is 0 Å². The average molecular weight is 424 g/mol. The number of rotatable bonds is 8. The second-order valence-electron chi connectivity index (χ2n) is 7.82. The summed E-state index contributed by atoms with van der Waals surface area (Å²) in [5, 5.41) is 4.00. The summed E-state index contributed by atoms with van der Waals surface area (Å²) in [7, 11) is 0. The maximum Gasteiger partial charge on any atom is 0.220 e. The highest BCUT2D eigenvalue weighted by Gasteiger charge is 2.06. The summed E-state index contributed by atoms with van der Waals surface area (Å²) in [6.07, 6.45) is 3.68. The summed E-state index contributed by atoms with van der Waals surface area (Å²) < 4.78 is 0. The number of benzene rings is 2. The zero-order valence-electron chi connectivity index (χ0n) is 18.0. The van der Waals surface area contributed by atoms with Gasteiger partial charge in [-0.25, -0.2) is 9.97 Å². The Bertz CT molecular complexity index is 1250. The summed E-state index contributed by atoms with van der Waals surface area (Å²) in [6.45, 7) is 2.06. The predicted molar refractivity (Wildman–Crippen MR) is 126 cm³/mol. The second-order valence-corrected chi connectivity index (χ2v) is 7.82. The molecular weight excluding hydrogens is 398 g/mol. The van der Waals surface area contributed by atoms with Crippen molar-refractivity contribution in [2.45, 2.75) is 32.7 Å². The Morgan fingerprint density at radius 1 is 0.906 bits per heavy atom. The molecule has 160 valence electrons. The van der Waals surface area contributed by atoms with Crippen molar-refractivity contribution >= 4 is 22.7 Å². The summed E-state index contributed by atoms with van der Waals surface area (Å²) in [6, 6.07) is 23.5. The fraction of sp³-hybridized carbons (Fsp3) is 0.185. The molecule has 0 atom stereocenters. The van der Waals surface area contributed by atoms with Crippen LogP contribution >= 0.6 is 0 Å². The molecule has 1 amide bonds. The highest BCUT2D eigenvalue weighted by Crippen LogP contribution is 2.21. The second kappa shape index (κ2) is 9.96. The zero-order chi connectivity index (χ0) is 22.3. The smallest absolute Gasteiger partial charge is 0.220 e. The van der Waals surface area contributed by atoms with Crippen LogP contribution in [-0.2, 0) is 17.8 Å². The largest absolute Gasteiger partial charge is 0.352 e. The van der Waals surface area contributed by atoms with E-state index in [1.165, 1.54) is 0 Å². The molecule has 2 aromatic carbocycles. The lowest BCUT2D eigenvalue weighted by atomic mass is 10.0. The van der Waals surface area contributed by atoms with Crippen molar-refractivity contribution in [3.05, 3.63) is 95.8 Å². The van der Waals surface area contributed by atoms with Crippen LogP contribution in [0.4, 0.5) is 0 Å². The number of fused-ring (bicyclic) bond motifs is 1. The molecule has 0 bridgehead atoms. The molecule has 2 heterocycles. The number of hydrogen-bond donors (Lipinski definition) is 1. The van der Waals surface area contributed by atoms with Crippen LogP contribution in [0, 0.1) is 0 Å². The topological polar surface area (TPSA) is 72.0 Å². The van der Waals surface area contributed by atoms with Gasteiger partial charge in [0.25, 0.3) is 0 Å². The summed E-state index contributed by atoms with van der Waals surface area (Å²) >= 11 is 0. The van der Waals surface area contributed by atoms with E-state index in [0.29, 0.717) is 18.5 Å². The minimum atomic E-state index is 0.0298. The quantitative estimate of drug-likeness (QED) is 0.398. The van der Waals surface area contributed by atoms with Gasteiger partial charge in [0.15, 0.2) is 11.4 Å². The van der Waals surface area contributed by atoms with Crippen LogP contribution in [0.1, 0.15) is 41.4 Å². The predicted octanol–water partition coefficient (Wildman–Crippen LogP) is 5.14. The molecule has 4 aromatic rings. The first kappa shape index (κ1) is 21.4. The standard InChI is InChI=1S/C27H25N3O2/c1-19(31)23-5-2-6-24(17-23)21-12-10-20(11-13-21)18-29-26(32)9-3-8-25-15-14-22-7-4-16-28-27(22)30-25/h2,4-7,10-17H,3,8-9,18H2,1H3,(H,29,32).